The van der Waals surface area contributed by atoms with Crippen molar-refractivity contribution in [2.45, 2.75) is 31.7 Å². The number of halogens is 3. The average molecular weight is 451 g/mol. The lowest BCUT2D eigenvalue weighted by Gasteiger charge is -2.37. The first kappa shape index (κ1) is 20.2. The molecular formula is C21H21ClF2N4O3. The van der Waals surface area contributed by atoms with E-state index >= 15 is 0 Å². The van der Waals surface area contributed by atoms with E-state index in [9.17, 15) is 23.5 Å². The molecule has 0 bridgehead atoms. The Morgan fingerprint density at radius 3 is 2.65 bits per heavy atom. The van der Waals surface area contributed by atoms with Gasteiger partial charge in [0.15, 0.2) is 5.69 Å². The number of aromatic nitrogens is 2. The highest BCUT2D eigenvalue weighted by Gasteiger charge is 2.67. The Balaban J connectivity index is 1.31. The third-order valence-corrected chi connectivity index (χ3v) is 7.04. The van der Waals surface area contributed by atoms with Gasteiger partial charge in [0.1, 0.15) is 12.2 Å². The highest BCUT2D eigenvalue weighted by atomic mass is 35.5. The van der Waals surface area contributed by atoms with Crippen LogP contribution in [-0.4, -0.2) is 57.8 Å². The number of benzene rings is 1. The summed E-state index contributed by atoms with van der Waals surface area (Å²) in [4.78, 5) is 28.1. The van der Waals surface area contributed by atoms with Gasteiger partial charge in [0.05, 0.1) is 0 Å². The molecule has 7 nitrogen and oxygen atoms in total. The van der Waals surface area contributed by atoms with E-state index in [4.69, 9.17) is 11.6 Å². The van der Waals surface area contributed by atoms with E-state index in [-0.39, 0.29) is 30.1 Å². The van der Waals surface area contributed by atoms with Gasteiger partial charge in [-0.05, 0) is 37.0 Å². The number of rotatable bonds is 4. The standard InChI is InChI=1S/C21H21ClF2N4O3/c1-11-14(22)3-2-4-15(11)26-5-7-27(8-6-26)16(29)10-28-19-17(18(25-28)20(30)31)12-9-13(12)21(19,23)24/h2-4,12-13H,5-10H2,1H3,(H,30,31). The van der Waals surface area contributed by atoms with Crippen LogP contribution in [0.15, 0.2) is 18.2 Å². The zero-order valence-corrected chi connectivity index (χ0v) is 17.6. The largest absolute Gasteiger partial charge is 0.476 e. The molecule has 2 aliphatic carbocycles. The van der Waals surface area contributed by atoms with E-state index in [2.05, 4.69) is 10.00 Å². The van der Waals surface area contributed by atoms with Crippen LogP contribution >= 0.6 is 11.6 Å². The molecule has 2 heterocycles. The molecule has 2 unspecified atom stereocenters. The number of alkyl halides is 2. The summed E-state index contributed by atoms with van der Waals surface area (Å²) in [6.07, 6.45) is 0.269. The van der Waals surface area contributed by atoms with Crippen LogP contribution < -0.4 is 4.90 Å². The summed E-state index contributed by atoms with van der Waals surface area (Å²) in [5.74, 6) is -6.17. The van der Waals surface area contributed by atoms with Crippen molar-refractivity contribution in [3.05, 3.63) is 45.7 Å². The zero-order chi connectivity index (χ0) is 22.1. The summed E-state index contributed by atoms with van der Waals surface area (Å²) in [6.45, 7) is 3.60. The topological polar surface area (TPSA) is 78.7 Å². The van der Waals surface area contributed by atoms with Gasteiger partial charge in [0.2, 0.25) is 5.91 Å². The molecule has 2 atom stereocenters. The molecule has 1 N–H and O–H groups in total. The SMILES string of the molecule is Cc1c(Cl)cccc1N1CCN(C(=O)Cn2nc(C(=O)O)c3c2C(F)(F)C2CC32)CC1. The first-order valence-electron chi connectivity index (χ1n) is 10.2. The van der Waals surface area contributed by atoms with Crippen LogP contribution in [0.1, 0.15) is 39.6 Å². The number of amides is 1. The van der Waals surface area contributed by atoms with Gasteiger partial charge in [0.25, 0.3) is 5.92 Å². The Kier molecular flexibility index (Phi) is 4.51. The minimum absolute atomic E-state index is 0.108. The lowest BCUT2D eigenvalue weighted by molar-refractivity contribution is -0.132. The lowest BCUT2D eigenvalue weighted by Crippen LogP contribution is -2.50. The van der Waals surface area contributed by atoms with Crippen molar-refractivity contribution in [2.75, 3.05) is 31.1 Å². The molecule has 2 aromatic rings. The highest BCUT2D eigenvalue weighted by Crippen LogP contribution is 2.67. The molecule has 2 fully saturated rings. The molecule has 1 aromatic carbocycles. The molecule has 0 radical (unpaired) electrons. The predicted molar refractivity (Wildman–Crippen MR) is 109 cm³/mol. The lowest BCUT2D eigenvalue weighted by atomic mass is 10.1. The zero-order valence-electron chi connectivity index (χ0n) is 16.8. The van der Waals surface area contributed by atoms with Crippen molar-refractivity contribution in [1.29, 1.82) is 0 Å². The van der Waals surface area contributed by atoms with Crippen LogP contribution in [-0.2, 0) is 17.3 Å². The van der Waals surface area contributed by atoms with E-state index in [1.807, 2.05) is 25.1 Å². The van der Waals surface area contributed by atoms with Crippen LogP contribution in [0.3, 0.4) is 0 Å². The summed E-state index contributed by atoms with van der Waals surface area (Å²) in [6, 6.07) is 5.69. The number of hydrogen-bond acceptors (Lipinski definition) is 4. The molecule has 10 heteroatoms. The van der Waals surface area contributed by atoms with Gasteiger partial charge in [-0.25, -0.2) is 4.79 Å². The number of carbonyl (C=O) groups is 2. The van der Waals surface area contributed by atoms with Gasteiger partial charge in [-0.3, -0.25) is 9.48 Å². The van der Waals surface area contributed by atoms with Gasteiger partial charge < -0.3 is 14.9 Å². The van der Waals surface area contributed by atoms with Gasteiger partial charge in [-0.15, -0.1) is 0 Å². The number of carboxylic acid groups (broad SMARTS) is 1. The molecule has 3 aliphatic rings. The van der Waals surface area contributed by atoms with E-state index in [1.54, 1.807) is 4.90 Å². The van der Waals surface area contributed by atoms with Crippen LogP contribution in [0.2, 0.25) is 5.02 Å². The molecule has 31 heavy (non-hydrogen) atoms. The van der Waals surface area contributed by atoms with Crippen LogP contribution in [0.25, 0.3) is 0 Å². The minimum atomic E-state index is -3.15. The maximum Gasteiger partial charge on any atom is 0.356 e. The molecular weight excluding hydrogens is 430 g/mol. The third kappa shape index (κ3) is 3.09. The predicted octanol–water partition coefficient (Wildman–Crippen LogP) is 3.10. The monoisotopic (exact) mass is 450 g/mol. The normalized spacial score (nSPS) is 23.5. The molecule has 1 saturated carbocycles. The van der Waals surface area contributed by atoms with E-state index < -0.39 is 29.4 Å². The summed E-state index contributed by atoms with van der Waals surface area (Å²) in [7, 11) is 0. The maximum absolute atomic E-state index is 14.7. The second-order valence-electron chi connectivity index (χ2n) is 8.40. The average Bonchev–Trinajstić information content (AvgIpc) is 3.39. The van der Waals surface area contributed by atoms with Crippen molar-refractivity contribution in [2.24, 2.45) is 5.92 Å². The van der Waals surface area contributed by atoms with Crippen LogP contribution in [0.4, 0.5) is 14.5 Å². The van der Waals surface area contributed by atoms with E-state index in [0.29, 0.717) is 31.2 Å². The second kappa shape index (κ2) is 6.91. The van der Waals surface area contributed by atoms with Crippen molar-refractivity contribution in [3.63, 3.8) is 0 Å². The number of hydrogen-bond donors (Lipinski definition) is 1. The number of nitrogens with zero attached hydrogens (tertiary/aromatic N) is 4. The van der Waals surface area contributed by atoms with Gasteiger partial charge in [-0.1, -0.05) is 17.7 Å². The van der Waals surface area contributed by atoms with Crippen LogP contribution in [0.5, 0.6) is 0 Å². The smallest absolute Gasteiger partial charge is 0.356 e. The Hall–Kier alpha value is -2.68. The first-order chi connectivity index (χ1) is 14.7. The molecule has 1 saturated heterocycles. The van der Waals surface area contributed by atoms with Gasteiger partial charge >= 0.3 is 5.97 Å². The van der Waals surface area contributed by atoms with Gasteiger partial charge in [0, 0.05) is 48.4 Å². The second-order valence-corrected chi connectivity index (χ2v) is 8.80. The summed E-state index contributed by atoms with van der Waals surface area (Å²) >= 11 is 6.21. The number of aromatic carboxylic acids is 1. The molecule has 5 rings (SSSR count). The number of piperazine rings is 1. The summed E-state index contributed by atoms with van der Waals surface area (Å²) in [5.41, 5.74) is 1.34. The molecule has 1 aromatic heterocycles. The number of carboxylic acids is 1. The Morgan fingerprint density at radius 1 is 1.26 bits per heavy atom. The fourth-order valence-electron chi connectivity index (χ4n) is 4.90. The quantitative estimate of drug-likeness (QED) is 0.774. The Bertz CT molecular complexity index is 1090. The number of anilines is 1. The van der Waals surface area contributed by atoms with Crippen molar-refractivity contribution >= 4 is 29.2 Å². The van der Waals surface area contributed by atoms with E-state index in [0.717, 1.165) is 15.9 Å². The molecule has 1 aliphatic heterocycles. The third-order valence-electron chi connectivity index (χ3n) is 6.63. The Labute approximate surface area is 182 Å². The molecule has 0 spiro atoms. The number of fused-ring (bicyclic) bond motifs is 3. The van der Waals surface area contributed by atoms with Crippen molar-refractivity contribution < 1.29 is 23.5 Å². The fraction of sp³-hybridized carbons (Fsp3) is 0.476. The molecule has 1 amide bonds. The van der Waals surface area contributed by atoms with Gasteiger partial charge in [-0.2, -0.15) is 13.9 Å². The Morgan fingerprint density at radius 2 is 1.97 bits per heavy atom. The van der Waals surface area contributed by atoms with E-state index in [1.165, 1.54) is 0 Å². The summed E-state index contributed by atoms with van der Waals surface area (Å²) in [5, 5.41) is 14.0. The number of carbonyl (C=O) groups excluding carboxylic acids is 1. The fourth-order valence-corrected chi connectivity index (χ4v) is 5.07. The summed E-state index contributed by atoms with van der Waals surface area (Å²) < 4.78 is 30.3. The highest BCUT2D eigenvalue weighted by molar-refractivity contribution is 6.31. The van der Waals surface area contributed by atoms with Crippen molar-refractivity contribution in [1.82, 2.24) is 14.7 Å². The minimum Gasteiger partial charge on any atom is -0.476 e. The first-order valence-corrected chi connectivity index (χ1v) is 10.6. The maximum atomic E-state index is 14.7. The van der Waals surface area contributed by atoms with Crippen molar-refractivity contribution in [3.8, 4) is 0 Å². The molecule has 164 valence electrons. The van der Waals surface area contributed by atoms with Crippen LogP contribution in [0, 0.1) is 12.8 Å².